The van der Waals surface area contributed by atoms with Gasteiger partial charge < -0.3 is 15.7 Å². The summed E-state index contributed by atoms with van der Waals surface area (Å²) in [4.78, 5) is 22.2. The molecule has 0 saturated heterocycles. The molecule has 18 heavy (non-hydrogen) atoms. The summed E-state index contributed by atoms with van der Waals surface area (Å²) in [6.07, 6.45) is 0.500. The molecule has 98 valence electrons. The van der Waals surface area contributed by atoms with Crippen LogP contribution in [0.15, 0.2) is 24.3 Å². The summed E-state index contributed by atoms with van der Waals surface area (Å²) in [7, 11) is 0. The van der Waals surface area contributed by atoms with Crippen LogP contribution >= 0.6 is 0 Å². The smallest absolute Gasteiger partial charge is 0.303 e. The van der Waals surface area contributed by atoms with Crippen molar-refractivity contribution in [1.29, 1.82) is 0 Å². The third-order valence-electron chi connectivity index (χ3n) is 2.39. The van der Waals surface area contributed by atoms with E-state index in [1.807, 2.05) is 19.1 Å². The maximum Gasteiger partial charge on any atom is 0.303 e. The van der Waals surface area contributed by atoms with Crippen molar-refractivity contribution in [1.82, 2.24) is 5.32 Å². The fraction of sp³-hybridized carbons (Fsp3) is 0.385. The van der Waals surface area contributed by atoms with E-state index in [0.717, 1.165) is 12.2 Å². The van der Waals surface area contributed by atoms with Crippen LogP contribution in [-0.4, -0.2) is 30.1 Å². The predicted octanol–water partition coefficient (Wildman–Crippen LogP) is 1.71. The molecule has 0 fully saturated rings. The van der Waals surface area contributed by atoms with Crippen LogP contribution in [0.4, 0.5) is 5.69 Å². The van der Waals surface area contributed by atoms with Gasteiger partial charge in [-0.25, -0.2) is 0 Å². The Hall–Kier alpha value is -2.04. The lowest BCUT2D eigenvalue weighted by Gasteiger charge is -2.10. The van der Waals surface area contributed by atoms with Crippen molar-refractivity contribution in [2.75, 3.05) is 18.4 Å². The van der Waals surface area contributed by atoms with Gasteiger partial charge in [0, 0.05) is 25.2 Å². The first-order valence-corrected chi connectivity index (χ1v) is 5.98. The number of amides is 1. The highest BCUT2D eigenvalue weighted by atomic mass is 16.4. The van der Waals surface area contributed by atoms with E-state index in [1.165, 1.54) is 0 Å². The van der Waals surface area contributed by atoms with Gasteiger partial charge in [-0.05, 0) is 25.5 Å². The van der Waals surface area contributed by atoms with Gasteiger partial charge in [-0.2, -0.15) is 0 Å². The molecule has 0 aliphatic rings. The average molecular weight is 250 g/mol. The Kier molecular flexibility index (Phi) is 5.70. The van der Waals surface area contributed by atoms with E-state index in [9.17, 15) is 9.59 Å². The highest BCUT2D eigenvalue weighted by molar-refractivity contribution is 5.99. The standard InChI is InChI=1S/C13H18N2O3/c1-2-14-11-7-4-3-6-10(11)13(18)15-9-5-8-12(16)17/h3-4,6-7,14H,2,5,8-9H2,1H3,(H,15,18)(H,16,17). The lowest BCUT2D eigenvalue weighted by Crippen LogP contribution is -2.25. The van der Waals surface area contributed by atoms with Gasteiger partial charge in [0.1, 0.15) is 0 Å². The topological polar surface area (TPSA) is 78.4 Å². The second-order valence-electron chi connectivity index (χ2n) is 3.83. The molecule has 0 radical (unpaired) electrons. The first kappa shape index (κ1) is 14.0. The number of carboxylic acid groups (broad SMARTS) is 1. The van der Waals surface area contributed by atoms with E-state index in [4.69, 9.17) is 5.11 Å². The molecule has 0 spiro atoms. The van der Waals surface area contributed by atoms with Crippen LogP contribution in [0, 0.1) is 0 Å². The molecule has 0 unspecified atom stereocenters. The highest BCUT2D eigenvalue weighted by Gasteiger charge is 2.09. The molecule has 0 saturated carbocycles. The minimum absolute atomic E-state index is 0.0646. The van der Waals surface area contributed by atoms with Crippen molar-refractivity contribution in [2.45, 2.75) is 19.8 Å². The summed E-state index contributed by atoms with van der Waals surface area (Å²) in [6.45, 7) is 3.07. The monoisotopic (exact) mass is 250 g/mol. The van der Waals surface area contributed by atoms with Crippen LogP contribution < -0.4 is 10.6 Å². The number of hydrogen-bond acceptors (Lipinski definition) is 3. The zero-order chi connectivity index (χ0) is 13.4. The molecule has 0 bridgehead atoms. The number of hydrogen-bond donors (Lipinski definition) is 3. The Morgan fingerprint density at radius 2 is 2.00 bits per heavy atom. The summed E-state index contributed by atoms with van der Waals surface area (Å²) in [5, 5.41) is 14.3. The molecule has 0 aliphatic heterocycles. The fourth-order valence-corrected chi connectivity index (χ4v) is 1.56. The van der Waals surface area contributed by atoms with Gasteiger partial charge in [-0.15, -0.1) is 0 Å². The van der Waals surface area contributed by atoms with Crippen molar-refractivity contribution in [3.63, 3.8) is 0 Å². The zero-order valence-corrected chi connectivity index (χ0v) is 10.4. The molecule has 5 heteroatoms. The van der Waals surface area contributed by atoms with Crippen LogP contribution in [0.25, 0.3) is 0 Å². The Labute approximate surface area is 106 Å². The Balaban J connectivity index is 2.53. The lowest BCUT2D eigenvalue weighted by molar-refractivity contribution is -0.137. The van der Waals surface area contributed by atoms with Crippen molar-refractivity contribution < 1.29 is 14.7 Å². The summed E-state index contributed by atoms with van der Waals surface area (Å²) in [5.41, 5.74) is 1.37. The minimum atomic E-state index is -0.850. The van der Waals surface area contributed by atoms with Crippen LogP contribution in [0.5, 0.6) is 0 Å². The molecule has 5 nitrogen and oxygen atoms in total. The summed E-state index contributed by atoms with van der Waals surface area (Å²) in [6, 6.07) is 7.24. The van der Waals surface area contributed by atoms with Crippen LogP contribution in [0.2, 0.25) is 0 Å². The van der Waals surface area contributed by atoms with Gasteiger partial charge in [0.2, 0.25) is 0 Å². The maximum absolute atomic E-state index is 11.9. The number of anilines is 1. The minimum Gasteiger partial charge on any atom is -0.481 e. The van der Waals surface area contributed by atoms with Gasteiger partial charge in [0.05, 0.1) is 5.56 Å². The van der Waals surface area contributed by atoms with E-state index in [0.29, 0.717) is 18.5 Å². The molecule has 1 amide bonds. The summed E-state index contributed by atoms with van der Waals surface area (Å²) in [5.74, 6) is -1.03. The molecule has 0 atom stereocenters. The Morgan fingerprint density at radius 3 is 2.67 bits per heavy atom. The van der Waals surface area contributed by atoms with Gasteiger partial charge >= 0.3 is 5.97 Å². The van der Waals surface area contributed by atoms with Crippen LogP contribution in [0.1, 0.15) is 30.1 Å². The van der Waals surface area contributed by atoms with E-state index < -0.39 is 5.97 Å². The molecule has 0 aromatic heterocycles. The number of nitrogens with one attached hydrogen (secondary N) is 2. The van der Waals surface area contributed by atoms with E-state index in [2.05, 4.69) is 10.6 Å². The molecule has 0 heterocycles. The molecule has 3 N–H and O–H groups in total. The second-order valence-corrected chi connectivity index (χ2v) is 3.83. The third kappa shape index (κ3) is 4.45. The first-order chi connectivity index (χ1) is 8.65. The average Bonchev–Trinajstić information content (AvgIpc) is 2.35. The molecular weight excluding hydrogens is 232 g/mol. The quantitative estimate of drug-likeness (QED) is 0.644. The number of benzene rings is 1. The largest absolute Gasteiger partial charge is 0.481 e. The van der Waals surface area contributed by atoms with Crippen LogP contribution in [0.3, 0.4) is 0 Å². The molecule has 1 aromatic carbocycles. The van der Waals surface area contributed by atoms with Gasteiger partial charge in [-0.1, -0.05) is 12.1 Å². The number of rotatable bonds is 7. The SMILES string of the molecule is CCNc1ccccc1C(=O)NCCCC(=O)O. The molecule has 0 aliphatic carbocycles. The van der Waals surface area contributed by atoms with Gasteiger partial charge in [-0.3, -0.25) is 9.59 Å². The lowest BCUT2D eigenvalue weighted by atomic mass is 10.1. The number of para-hydroxylation sites is 1. The second kappa shape index (κ2) is 7.32. The summed E-state index contributed by atoms with van der Waals surface area (Å²) >= 11 is 0. The van der Waals surface area contributed by atoms with E-state index >= 15 is 0 Å². The summed E-state index contributed by atoms with van der Waals surface area (Å²) < 4.78 is 0. The van der Waals surface area contributed by atoms with Crippen molar-refractivity contribution in [3.8, 4) is 0 Å². The number of aliphatic carboxylic acids is 1. The zero-order valence-electron chi connectivity index (χ0n) is 10.4. The highest BCUT2D eigenvalue weighted by Crippen LogP contribution is 2.14. The Bertz CT molecular complexity index is 418. The maximum atomic E-state index is 11.9. The van der Waals surface area contributed by atoms with Gasteiger partial charge in [0.15, 0.2) is 0 Å². The fourth-order valence-electron chi connectivity index (χ4n) is 1.56. The molecule has 1 aromatic rings. The number of carbonyl (C=O) groups is 2. The Morgan fingerprint density at radius 1 is 1.28 bits per heavy atom. The van der Waals surface area contributed by atoms with Gasteiger partial charge in [0.25, 0.3) is 5.91 Å². The van der Waals surface area contributed by atoms with Crippen molar-refractivity contribution in [3.05, 3.63) is 29.8 Å². The molecular formula is C13H18N2O3. The van der Waals surface area contributed by atoms with E-state index in [-0.39, 0.29) is 12.3 Å². The van der Waals surface area contributed by atoms with Crippen molar-refractivity contribution >= 4 is 17.6 Å². The van der Waals surface area contributed by atoms with Crippen LogP contribution in [-0.2, 0) is 4.79 Å². The van der Waals surface area contributed by atoms with Crippen molar-refractivity contribution in [2.24, 2.45) is 0 Å². The number of carbonyl (C=O) groups excluding carboxylic acids is 1. The normalized spacial score (nSPS) is 9.83. The predicted molar refractivity (Wildman–Crippen MR) is 69.8 cm³/mol. The molecule has 1 rings (SSSR count). The number of carboxylic acids is 1. The van der Waals surface area contributed by atoms with E-state index in [1.54, 1.807) is 12.1 Å². The first-order valence-electron chi connectivity index (χ1n) is 5.98. The third-order valence-corrected chi connectivity index (χ3v) is 2.39.